The van der Waals surface area contributed by atoms with E-state index in [1.807, 2.05) is 12.1 Å². The lowest BCUT2D eigenvalue weighted by molar-refractivity contribution is 0.101. The molecule has 6 nitrogen and oxygen atoms in total. The Hall–Kier alpha value is -2.60. The third kappa shape index (κ3) is 4.73. The second-order valence-electron chi connectivity index (χ2n) is 6.25. The molecule has 2 aromatic rings. The van der Waals surface area contributed by atoms with Crippen molar-refractivity contribution in [2.75, 3.05) is 43.6 Å². The van der Waals surface area contributed by atoms with E-state index in [-0.39, 0.29) is 5.91 Å². The number of ether oxygens (including phenoxy) is 2. The molecule has 0 aliphatic carbocycles. The number of carbonyl (C=O) groups is 1. The normalized spacial score (nSPS) is 14.1. The molecule has 138 valence electrons. The number of methoxy groups -OCH3 is 1. The van der Waals surface area contributed by atoms with Gasteiger partial charge in [-0.2, -0.15) is 0 Å². The van der Waals surface area contributed by atoms with E-state index >= 15 is 0 Å². The quantitative estimate of drug-likeness (QED) is 0.772. The summed E-state index contributed by atoms with van der Waals surface area (Å²) in [6.07, 6.45) is 5.40. The second-order valence-corrected chi connectivity index (χ2v) is 6.25. The fourth-order valence-electron chi connectivity index (χ4n) is 3.01. The zero-order chi connectivity index (χ0) is 18.2. The fourth-order valence-corrected chi connectivity index (χ4v) is 3.01. The molecule has 26 heavy (non-hydrogen) atoms. The summed E-state index contributed by atoms with van der Waals surface area (Å²) in [4.78, 5) is 19.1. The first-order valence-corrected chi connectivity index (χ1v) is 9.01. The summed E-state index contributed by atoms with van der Waals surface area (Å²) in [5.74, 6) is 0.0724. The van der Waals surface area contributed by atoms with Gasteiger partial charge in [0, 0.05) is 37.8 Å². The van der Waals surface area contributed by atoms with Gasteiger partial charge in [-0.3, -0.25) is 4.79 Å². The van der Waals surface area contributed by atoms with E-state index in [4.69, 9.17) is 9.47 Å². The second kappa shape index (κ2) is 9.20. The molecule has 1 amide bonds. The Balaban J connectivity index is 1.64. The molecule has 0 unspecified atom stereocenters. The van der Waals surface area contributed by atoms with Crippen LogP contribution < -0.4 is 15.0 Å². The smallest absolute Gasteiger partial charge is 0.261 e. The summed E-state index contributed by atoms with van der Waals surface area (Å²) in [5, 5.41) is 2.91. The van der Waals surface area contributed by atoms with E-state index in [9.17, 15) is 4.79 Å². The first-order chi connectivity index (χ1) is 12.8. The molecule has 0 atom stereocenters. The van der Waals surface area contributed by atoms with Crippen molar-refractivity contribution in [3.8, 4) is 5.88 Å². The van der Waals surface area contributed by atoms with Crippen LogP contribution in [0, 0.1) is 0 Å². The zero-order valence-corrected chi connectivity index (χ0v) is 15.1. The Kier molecular flexibility index (Phi) is 6.44. The van der Waals surface area contributed by atoms with Gasteiger partial charge in [-0.25, -0.2) is 4.98 Å². The molecule has 0 saturated carbocycles. The monoisotopic (exact) mass is 355 g/mol. The van der Waals surface area contributed by atoms with Crippen molar-refractivity contribution in [3.63, 3.8) is 0 Å². The van der Waals surface area contributed by atoms with Gasteiger partial charge in [0.05, 0.1) is 6.61 Å². The number of hydrogen-bond acceptors (Lipinski definition) is 5. The van der Waals surface area contributed by atoms with Crippen LogP contribution in [0.15, 0.2) is 42.6 Å². The minimum atomic E-state index is -0.240. The van der Waals surface area contributed by atoms with Crippen molar-refractivity contribution in [1.29, 1.82) is 0 Å². The summed E-state index contributed by atoms with van der Waals surface area (Å²) in [6.45, 7) is 2.99. The number of hydrogen-bond donors (Lipinski definition) is 1. The van der Waals surface area contributed by atoms with Crippen LogP contribution in [-0.4, -0.2) is 44.3 Å². The Bertz CT molecular complexity index is 712. The van der Waals surface area contributed by atoms with Gasteiger partial charge in [0.25, 0.3) is 5.91 Å². The third-order valence-electron chi connectivity index (χ3n) is 4.39. The third-order valence-corrected chi connectivity index (χ3v) is 4.39. The molecular weight excluding hydrogens is 330 g/mol. The molecule has 1 aromatic carbocycles. The van der Waals surface area contributed by atoms with Crippen molar-refractivity contribution in [1.82, 2.24) is 4.98 Å². The molecule has 0 spiro atoms. The maximum absolute atomic E-state index is 12.6. The molecule has 1 aliphatic rings. The maximum Gasteiger partial charge on any atom is 0.261 e. The van der Waals surface area contributed by atoms with Gasteiger partial charge in [-0.15, -0.1) is 0 Å². The van der Waals surface area contributed by atoms with E-state index in [0.29, 0.717) is 24.7 Å². The number of pyridine rings is 1. The minimum Gasteiger partial charge on any atom is -0.475 e. The number of amides is 1. The van der Waals surface area contributed by atoms with Gasteiger partial charge < -0.3 is 19.7 Å². The Morgan fingerprint density at radius 2 is 1.88 bits per heavy atom. The number of nitrogens with zero attached hydrogens (tertiary/aromatic N) is 2. The number of benzene rings is 1. The predicted octanol–water partition coefficient (Wildman–Crippen LogP) is 3.35. The highest BCUT2D eigenvalue weighted by Gasteiger charge is 2.15. The first kappa shape index (κ1) is 18.2. The van der Waals surface area contributed by atoms with Gasteiger partial charge in [-0.05, 0) is 55.7 Å². The highest BCUT2D eigenvalue weighted by Crippen LogP contribution is 2.23. The molecule has 1 N–H and O–H groups in total. The number of carbonyl (C=O) groups excluding carboxylic acids is 1. The Morgan fingerprint density at radius 3 is 2.62 bits per heavy atom. The van der Waals surface area contributed by atoms with Crippen LogP contribution in [0.5, 0.6) is 5.88 Å². The first-order valence-electron chi connectivity index (χ1n) is 9.01. The summed E-state index contributed by atoms with van der Waals surface area (Å²) in [6, 6.07) is 11.4. The van der Waals surface area contributed by atoms with Crippen molar-refractivity contribution >= 4 is 17.3 Å². The average Bonchev–Trinajstić information content (AvgIpc) is 2.70. The van der Waals surface area contributed by atoms with E-state index in [1.54, 1.807) is 25.4 Å². The number of rotatable bonds is 7. The van der Waals surface area contributed by atoms with Crippen molar-refractivity contribution in [3.05, 3.63) is 48.2 Å². The molecule has 2 heterocycles. The summed E-state index contributed by atoms with van der Waals surface area (Å²) in [5.41, 5.74) is 2.36. The van der Waals surface area contributed by atoms with Crippen LogP contribution in [-0.2, 0) is 4.74 Å². The van der Waals surface area contributed by atoms with Crippen LogP contribution in [0.4, 0.5) is 11.4 Å². The van der Waals surface area contributed by atoms with Crippen molar-refractivity contribution in [2.45, 2.75) is 19.3 Å². The van der Waals surface area contributed by atoms with Crippen molar-refractivity contribution in [2.24, 2.45) is 0 Å². The van der Waals surface area contributed by atoms with Gasteiger partial charge in [0.2, 0.25) is 5.88 Å². The molecule has 1 aliphatic heterocycles. The average molecular weight is 355 g/mol. The topological polar surface area (TPSA) is 63.7 Å². The highest BCUT2D eigenvalue weighted by molar-refractivity contribution is 6.05. The molecule has 3 rings (SSSR count). The number of nitrogens with one attached hydrogen (secondary N) is 1. The molecule has 0 radical (unpaired) electrons. The number of anilines is 2. The Morgan fingerprint density at radius 1 is 1.12 bits per heavy atom. The lowest BCUT2D eigenvalue weighted by Crippen LogP contribution is -2.29. The van der Waals surface area contributed by atoms with E-state index in [2.05, 4.69) is 27.3 Å². The van der Waals surface area contributed by atoms with E-state index in [1.165, 1.54) is 24.9 Å². The van der Waals surface area contributed by atoms with E-state index < -0.39 is 0 Å². The fraction of sp³-hybridized carbons (Fsp3) is 0.400. The zero-order valence-electron chi connectivity index (χ0n) is 15.1. The van der Waals surface area contributed by atoms with Gasteiger partial charge in [-0.1, -0.05) is 0 Å². The van der Waals surface area contributed by atoms with Gasteiger partial charge in [0.15, 0.2) is 0 Å². The summed E-state index contributed by atoms with van der Waals surface area (Å²) < 4.78 is 10.5. The predicted molar refractivity (Wildman–Crippen MR) is 102 cm³/mol. The van der Waals surface area contributed by atoms with E-state index in [0.717, 1.165) is 18.8 Å². The molecule has 1 fully saturated rings. The largest absolute Gasteiger partial charge is 0.475 e. The molecule has 0 bridgehead atoms. The molecule has 1 aromatic heterocycles. The van der Waals surface area contributed by atoms with Crippen LogP contribution in [0.1, 0.15) is 29.6 Å². The van der Waals surface area contributed by atoms with Crippen LogP contribution in [0.25, 0.3) is 0 Å². The standard InChI is InChI=1S/C20H25N3O3/c1-25-14-15-26-20-18(6-5-11-21-20)19(24)22-16-7-9-17(10-8-16)23-12-3-2-4-13-23/h5-11H,2-4,12-15H2,1H3,(H,22,24). The maximum atomic E-state index is 12.6. The number of piperidine rings is 1. The lowest BCUT2D eigenvalue weighted by atomic mass is 10.1. The summed E-state index contributed by atoms with van der Waals surface area (Å²) >= 11 is 0. The van der Waals surface area contributed by atoms with Gasteiger partial charge in [0.1, 0.15) is 12.2 Å². The van der Waals surface area contributed by atoms with Crippen LogP contribution >= 0.6 is 0 Å². The molecule has 6 heteroatoms. The molecule has 1 saturated heterocycles. The minimum absolute atomic E-state index is 0.240. The van der Waals surface area contributed by atoms with Crippen molar-refractivity contribution < 1.29 is 14.3 Å². The summed E-state index contributed by atoms with van der Waals surface area (Å²) in [7, 11) is 1.60. The number of aromatic nitrogens is 1. The highest BCUT2D eigenvalue weighted by atomic mass is 16.5. The SMILES string of the molecule is COCCOc1ncccc1C(=O)Nc1ccc(N2CCCCC2)cc1. The van der Waals surface area contributed by atoms with Crippen LogP contribution in [0.2, 0.25) is 0 Å². The Labute approximate surface area is 154 Å². The molecular formula is C20H25N3O3. The van der Waals surface area contributed by atoms with Crippen LogP contribution in [0.3, 0.4) is 0 Å². The lowest BCUT2D eigenvalue weighted by Gasteiger charge is -2.28. The van der Waals surface area contributed by atoms with Gasteiger partial charge >= 0.3 is 0 Å².